The molecule has 1 heterocycles. The second-order valence-electron chi connectivity index (χ2n) is 6.28. The van der Waals surface area contributed by atoms with Crippen LogP contribution in [0, 0.1) is 0 Å². The average molecular weight is 403 g/mol. The van der Waals surface area contributed by atoms with Crippen molar-refractivity contribution in [1.29, 1.82) is 0 Å². The smallest absolute Gasteiger partial charge is 0.325 e. The molecule has 0 aromatic carbocycles. The normalized spacial score (nSPS) is 19.7. The van der Waals surface area contributed by atoms with Crippen LogP contribution in [0.2, 0.25) is 0 Å². The van der Waals surface area contributed by atoms with Gasteiger partial charge in [0.15, 0.2) is 0 Å². The molecule has 11 nitrogen and oxygen atoms in total. The van der Waals surface area contributed by atoms with E-state index in [4.69, 9.17) is 16.6 Å². The Labute approximate surface area is 161 Å². The molecule has 4 unspecified atom stereocenters. The highest BCUT2D eigenvalue weighted by Crippen LogP contribution is 2.19. The maximum absolute atomic E-state index is 12.7. The Kier molecular flexibility index (Phi) is 8.50. The number of likely N-dealkylation sites (tertiary alicyclic amines) is 1. The molecule has 1 rings (SSSR count). The quantitative estimate of drug-likeness (QED) is 0.224. The summed E-state index contributed by atoms with van der Waals surface area (Å²) >= 11 is 4.05. The SMILES string of the molecule is CC(NC(=O)C1CCCN1C(=O)C(CS)NC(=O)C(N)CC(N)=O)C(=O)O. The number of primary amides is 1. The number of hydrogen-bond acceptors (Lipinski definition) is 7. The zero-order chi connectivity index (χ0) is 20.7. The average Bonchev–Trinajstić information content (AvgIpc) is 3.07. The molecular formula is C15H25N5O6S. The number of hydrogen-bond donors (Lipinski definition) is 6. The van der Waals surface area contributed by atoms with E-state index in [0.717, 1.165) is 0 Å². The summed E-state index contributed by atoms with van der Waals surface area (Å²) in [6.07, 6.45) is 0.555. The van der Waals surface area contributed by atoms with Crippen LogP contribution in [0.5, 0.6) is 0 Å². The molecule has 12 heteroatoms. The molecule has 1 aliphatic rings. The number of rotatable bonds is 9. The first kappa shape index (κ1) is 22.7. The predicted octanol–water partition coefficient (Wildman–Crippen LogP) is -2.82. The van der Waals surface area contributed by atoms with Crippen LogP contribution in [-0.4, -0.2) is 76.1 Å². The molecule has 0 saturated carbocycles. The lowest BCUT2D eigenvalue weighted by molar-refractivity contribution is -0.144. The van der Waals surface area contributed by atoms with E-state index in [9.17, 15) is 24.0 Å². The Hall–Kier alpha value is -2.34. The number of amides is 4. The van der Waals surface area contributed by atoms with E-state index >= 15 is 0 Å². The highest BCUT2D eigenvalue weighted by Gasteiger charge is 2.38. The van der Waals surface area contributed by atoms with Crippen LogP contribution in [0.4, 0.5) is 0 Å². The fourth-order valence-corrected chi connectivity index (χ4v) is 2.90. The second-order valence-corrected chi connectivity index (χ2v) is 6.64. The number of carbonyl (C=O) groups excluding carboxylic acids is 4. The van der Waals surface area contributed by atoms with Gasteiger partial charge in [0.2, 0.25) is 23.6 Å². The van der Waals surface area contributed by atoms with Crippen molar-refractivity contribution >= 4 is 42.2 Å². The molecule has 1 aliphatic heterocycles. The highest BCUT2D eigenvalue weighted by atomic mass is 32.1. The fourth-order valence-electron chi connectivity index (χ4n) is 2.65. The lowest BCUT2D eigenvalue weighted by Gasteiger charge is -2.29. The van der Waals surface area contributed by atoms with Gasteiger partial charge in [-0.05, 0) is 19.8 Å². The maximum atomic E-state index is 12.7. The van der Waals surface area contributed by atoms with Gasteiger partial charge in [0, 0.05) is 12.3 Å². The third-order valence-electron chi connectivity index (χ3n) is 4.12. The minimum atomic E-state index is -1.20. The first-order chi connectivity index (χ1) is 12.6. The number of nitrogens with zero attached hydrogens (tertiary/aromatic N) is 1. The van der Waals surface area contributed by atoms with Gasteiger partial charge in [0.1, 0.15) is 18.1 Å². The Morgan fingerprint density at radius 2 is 1.89 bits per heavy atom. The molecule has 1 fully saturated rings. The molecule has 0 spiro atoms. The largest absolute Gasteiger partial charge is 0.480 e. The van der Waals surface area contributed by atoms with Crippen LogP contribution in [-0.2, 0) is 24.0 Å². The summed E-state index contributed by atoms with van der Waals surface area (Å²) < 4.78 is 0. The summed E-state index contributed by atoms with van der Waals surface area (Å²) in [5, 5.41) is 13.6. The van der Waals surface area contributed by atoms with Crippen molar-refractivity contribution in [2.45, 2.75) is 50.4 Å². The molecule has 0 bridgehead atoms. The molecule has 0 aromatic heterocycles. The first-order valence-corrected chi connectivity index (χ1v) is 9.00. The Balaban J connectivity index is 2.78. The number of carboxylic acids is 1. The number of aliphatic carboxylic acids is 1. The van der Waals surface area contributed by atoms with Gasteiger partial charge in [-0.3, -0.25) is 24.0 Å². The van der Waals surface area contributed by atoms with Crippen LogP contribution in [0.1, 0.15) is 26.2 Å². The van der Waals surface area contributed by atoms with Crippen molar-refractivity contribution < 1.29 is 29.1 Å². The van der Waals surface area contributed by atoms with Gasteiger partial charge < -0.3 is 32.1 Å². The van der Waals surface area contributed by atoms with Crippen molar-refractivity contribution in [2.75, 3.05) is 12.3 Å². The second kappa shape index (κ2) is 10.1. The summed E-state index contributed by atoms with van der Waals surface area (Å²) in [6.45, 7) is 1.60. The minimum Gasteiger partial charge on any atom is -0.480 e. The van der Waals surface area contributed by atoms with E-state index in [0.29, 0.717) is 12.8 Å². The van der Waals surface area contributed by atoms with E-state index in [1.54, 1.807) is 0 Å². The topological polar surface area (TPSA) is 185 Å². The molecule has 27 heavy (non-hydrogen) atoms. The summed E-state index contributed by atoms with van der Waals surface area (Å²) in [5.41, 5.74) is 10.5. The number of nitrogens with one attached hydrogen (secondary N) is 2. The number of nitrogens with two attached hydrogens (primary N) is 2. The predicted molar refractivity (Wildman–Crippen MR) is 97.5 cm³/mol. The maximum Gasteiger partial charge on any atom is 0.325 e. The molecule has 0 radical (unpaired) electrons. The van der Waals surface area contributed by atoms with Crippen LogP contribution in [0.15, 0.2) is 0 Å². The van der Waals surface area contributed by atoms with Gasteiger partial charge in [-0.25, -0.2) is 0 Å². The van der Waals surface area contributed by atoms with E-state index in [2.05, 4.69) is 23.3 Å². The fraction of sp³-hybridized carbons (Fsp3) is 0.667. The van der Waals surface area contributed by atoms with Crippen LogP contribution in [0.25, 0.3) is 0 Å². The summed E-state index contributed by atoms with van der Waals surface area (Å²) in [4.78, 5) is 60.0. The summed E-state index contributed by atoms with van der Waals surface area (Å²) in [7, 11) is 0. The Morgan fingerprint density at radius 3 is 2.41 bits per heavy atom. The Bertz CT molecular complexity index is 616. The number of carbonyl (C=O) groups is 5. The molecular weight excluding hydrogens is 378 g/mol. The summed E-state index contributed by atoms with van der Waals surface area (Å²) in [6, 6.07) is -4.18. The number of thiol groups is 1. The minimum absolute atomic E-state index is 0.0514. The van der Waals surface area contributed by atoms with Gasteiger partial charge in [-0.15, -0.1) is 0 Å². The van der Waals surface area contributed by atoms with Crippen LogP contribution < -0.4 is 22.1 Å². The van der Waals surface area contributed by atoms with Crippen molar-refractivity contribution in [3.63, 3.8) is 0 Å². The van der Waals surface area contributed by atoms with Gasteiger partial charge >= 0.3 is 5.97 Å². The lowest BCUT2D eigenvalue weighted by Crippen LogP contribution is -2.57. The van der Waals surface area contributed by atoms with E-state index in [1.165, 1.54) is 11.8 Å². The van der Waals surface area contributed by atoms with Crippen LogP contribution >= 0.6 is 12.6 Å². The van der Waals surface area contributed by atoms with Gasteiger partial charge in [-0.1, -0.05) is 0 Å². The van der Waals surface area contributed by atoms with Gasteiger partial charge in [0.25, 0.3) is 0 Å². The van der Waals surface area contributed by atoms with Crippen LogP contribution in [0.3, 0.4) is 0 Å². The zero-order valence-corrected chi connectivity index (χ0v) is 15.8. The van der Waals surface area contributed by atoms with Crippen molar-refractivity contribution in [3.05, 3.63) is 0 Å². The zero-order valence-electron chi connectivity index (χ0n) is 14.9. The van der Waals surface area contributed by atoms with Gasteiger partial charge in [0.05, 0.1) is 12.5 Å². The Morgan fingerprint density at radius 1 is 1.26 bits per heavy atom. The lowest BCUT2D eigenvalue weighted by atomic mass is 10.1. The molecule has 0 aromatic rings. The van der Waals surface area contributed by atoms with Crippen molar-refractivity contribution in [2.24, 2.45) is 11.5 Å². The molecule has 152 valence electrons. The van der Waals surface area contributed by atoms with E-state index < -0.39 is 53.8 Å². The van der Waals surface area contributed by atoms with Crippen molar-refractivity contribution in [1.82, 2.24) is 15.5 Å². The third kappa shape index (κ3) is 6.40. The van der Waals surface area contributed by atoms with E-state index in [-0.39, 0.29) is 18.7 Å². The highest BCUT2D eigenvalue weighted by molar-refractivity contribution is 7.80. The molecule has 1 saturated heterocycles. The number of carboxylic acid groups (broad SMARTS) is 1. The molecule has 0 aliphatic carbocycles. The first-order valence-electron chi connectivity index (χ1n) is 8.37. The standard InChI is InChI=1S/C15H25N5O6S/c1-7(15(25)26)18-13(23)10-3-2-4-20(10)14(24)9(6-27)19-12(22)8(16)5-11(17)21/h7-10,27H,2-6,16H2,1H3,(H2,17,21)(H,18,23)(H,19,22)(H,25,26). The molecule has 7 N–H and O–H groups in total. The summed E-state index contributed by atoms with van der Waals surface area (Å²) in [5.74, 6) is -3.85. The van der Waals surface area contributed by atoms with Gasteiger partial charge in [-0.2, -0.15) is 12.6 Å². The third-order valence-corrected chi connectivity index (χ3v) is 4.49. The molecule has 4 atom stereocenters. The molecule has 4 amide bonds. The van der Waals surface area contributed by atoms with E-state index in [1.807, 2.05) is 0 Å². The monoisotopic (exact) mass is 403 g/mol. The van der Waals surface area contributed by atoms with Crippen molar-refractivity contribution in [3.8, 4) is 0 Å².